The zero-order valence-electron chi connectivity index (χ0n) is 15.8. The largest absolute Gasteiger partial charge is 0.355 e. The van der Waals surface area contributed by atoms with Gasteiger partial charge < -0.3 is 14.8 Å². The molecule has 0 unspecified atom stereocenters. The van der Waals surface area contributed by atoms with E-state index in [1.165, 1.54) is 5.56 Å². The lowest BCUT2D eigenvalue weighted by atomic mass is 10.1. The molecule has 0 saturated heterocycles. The standard InChI is InChI=1S/C21H21ClN6/c1-27(19-11-13-23-20(22)26-19)16-8-9-18-17(14-16)25-21(28(18)2)24-12-10-15-6-4-3-5-7-15/h3-9,11,13-14H,10,12H2,1-2H3,(H,24,25). The van der Waals surface area contributed by atoms with Crippen LogP contribution in [0.25, 0.3) is 11.0 Å². The van der Waals surface area contributed by atoms with Crippen molar-refractivity contribution >= 4 is 40.1 Å². The predicted octanol–water partition coefficient (Wildman–Crippen LogP) is 4.44. The Morgan fingerprint density at radius 2 is 1.89 bits per heavy atom. The number of rotatable bonds is 6. The highest BCUT2D eigenvalue weighted by molar-refractivity contribution is 6.28. The van der Waals surface area contributed by atoms with Crippen molar-refractivity contribution in [3.63, 3.8) is 0 Å². The number of benzene rings is 2. The van der Waals surface area contributed by atoms with Crippen molar-refractivity contribution in [1.29, 1.82) is 0 Å². The Labute approximate surface area is 168 Å². The molecule has 2 aromatic carbocycles. The topological polar surface area (TPSA) is 58.9 Å². The van der Waals surface area contributed by atoms with Crippen molar-refractivity contribution in [2.75, 3.05) is 23.8 Å². The number of nitrogens with zero attached hydrogens (tertiary/aromatic N) is 5. The zero-order chi connectivity index (χ0) is 19.5. The Morgan fingerprint density at radius 3 is 2.68 bits per heavy atom. The number of fused-ring (bicyclic) bond motifs is 1. The van der Waals surface area contributed by atoms with Gasteiger partial charge in [-0.3, -0.25) is 0 Å². The van der Waals surface area contributed by atoms with Crippen LogP contribution < -0.4 is 10.2 Å². The van der Waals surface area contributed by atoms with E-state index >= 15 is 0 Å². The summed E-state index contributed by atoms with van der Waals surface area (Å²) in [4.78, 5) is 14.9. The molecule has 2 heterocycles. The highest BCUT2D eigenvalue weighted by Crippen LogP contribution is 2.27. The van der Waals surface area contributed by atoms with Crippen LogP contribution in [0, 0.1) is 0 Å². The SMILES string of the molecule is CN(c1ccc2c(c1)nc(NCCc1ccccc1)n2C)c1ccnc(Cl)n1. The Kier molecular flexibility index (Phi) is 5.12. The third kappa shape index (κ3) is 3.77. The van der Waals surface area contributed by atoms with Gasteiger partial charge in [0.05, 0.1) is 11.0 Å². The Balaban J connectivity index is 1.53. The highest BCUT2D eigenvalue weighted by atomic mass is 35.5. The number of hydrogen-bond acceptors (Lipinski definition) is 5. The van der Waals surface area contributed by atoms with Crippen molar-refractivity contribution in [3.8, 4) is 0 Å². The lowest BCUT2D eigenvalue weighted by molar-refractivity contribution is 0.912. The predicted molar refractivity (Wildman–Crippen MR) is 114 cm³/mol. The fourth-order valence-electron chi connectivity index (χ4n) is 3.16. The number of imidazole rings is 1. The first-order valence-electron chi connectivity index (χ1n) is 9.08. The molecule has 6 nitrogen and oxygen atoms in total. The number of aryl methyl sites for hydroxylation is 1. The number of anilines is 3. The van der Waals surface area contributed by atoms with Crippen LogP contribution in [-0.4, -0.2) is 33.1 Å². The summed E-state index contributed by atoms with van der Waals surface area (Å²) >= 11 is 5.92. The molecule has 2 aromatic heterocycles. The minimum Gasteiger partial charge on any atom is -0.355 e. The van der Waals surface area contributed by atoms with Crippen LogP contribution in [-0.2, 0) is 13.5 Å². The summed E-state index contributed by atoms with van der Waals surface area (Å²) in [5.74, 6) is 1.59. The molecule has 4 aromatic rings. The van der Waals surface area contributed by atoms with E-state index in [0.29, 0.717) is 0 Å². The highest BCUT2D eigenvalue weighted by Gasteiger charge is 2.11. The van der Waals surface area contributed by atoms with Gasteiger partial charge >= 0.3 is 0 Å². The van der Waals surface area contributed by atoms with Crippen LogP contribution in [0.5, 0.6) is 0 Å². The summed E-state index contributed by atoms with van der Waals surface area (Å²) in [6.45, 7) is 0.827. The maximum absolute atomic E-state index is 5.92. The maximum atomic E-state index is 5.92. The van der Waals surface area contributed by atoms with E-state index in [0.717, 1.165) is 41.5 Å². The molecule has 0 radical (unpaired) electrons. The lowest BCUT2D eigenvalue weighted by Crippen LogP contribution is -2.11. The molecule has 0 fully saturated rings. The molecule has 28 heavy (non-hydrogen) atoms. The molecule has 0 bridgehead atoms. The summed E-state index contributed by atoms with van der Waals surface area (Å²) < 4.78 is 2.08. The van der Waals surface area contributed by atoms with Gasteiger partial charge in [0.2, 0.25) is 11.2 Å². The molecule has 0 amide bonds. The maximum Gasteiger partial charge on any atom is 0.224 e. The normalized spacial score (nSPS) is 11.0. The summed E-state index contributed by atoms with van der Waals surface area (Å²) in [5, 5.41) is 3.67. The average molecular weight is 393 g/mol. The lowest BCUT2D eigenvalue weighted by Gasteiger charge is -2.18. The molecule has 7 heteroatoms. The number of aromatic nitrogens is 4. The Morgan fingerprint density at radius 1 is 1.07 bits per heavy atom. The van der Waals surface area contributed by atoms with Crippen LogP contribution in [0.2, 0.25) is 5.28 Å². The second kappa shape index (κ2) is 7.86. The second-order valence-electron chi connectivity index (χ2n) is 6.57. The molecule has 0 saturated carbocycles. The summed E-state index contributed by atoms with van der Waals surface area (Å²) in [7, 11) is 3.97. The molecular formula is C21H21ClN6. The smallest absolute Gasteiger partial charge is 0.224 e. The van der Waals surface area contributed by atoms with E-state index in [4.69, 9.17) is 16.6 Å². The van der Waals surface area contributed by atoms with Gasteiger partial charge in [0.1, 0.15) is 5.82 Å². The van der Waals surface area contributed by atoms with Gasteiger partial charge in [0.15, 0.2) is 0 Å². The summed E-state index contributed by atoms with van der Waals surface area (Å²) in [6.07, 6.45) is 2.60. The number of halogens is 1. The van der Waals surface area contributed by atoms with Gasteiger partial charge in [-0.25, -0.2) is 15.0 Å². The minimum absolute atomic E-state index is 0.230. The fourth-order valence-corrected chi connectivity index (χ4v) is 3.31. The first-order chi connectivity index (χ1) is 13.6. The van der Waals surface area contributed by atoms with E-state index in [2.05, 4.69) is 50.2 Å². The summed E-state index contributed by atoms with van der Waals surface area (Å²) in [5.41, 5.74) is 4.28. The van der Waals surface area contributed by atoms with Gasteiger partial charge in [-0.15, -0.1) is 0 Å². The van der Waals surface area contributed by atoms with Gasteiger partial charge in [0, 0.05) is 32.5 Å². The van der Waals surface area contributed by atoms with E-state index in [1.54, 1.807) is 6.20 Å². The van der Waals surface area contributed by atoms with Crippen molar-refractivity contribution in [3.05, 3.63) is 71.6 Å². The third-order valence-electron chi connectivity index (χ3n) is 4.75. The van der Waals surface area contributed by atoms with Crippen LogP contribution in [0.4, 0.5) is 17.5 Å². The third-order valence-corrected chi connectivity index (χ3v) is 4.93. The molecule has 0 aliphatic carbocycles. The Bertz CT molecular complexity index is 1090. The van der Waals surface area contributed by atoms with Gasteiger partial charge in [0.25, 0.3) is 0 Å². The quantitative estimate of drug-likeness (QED) is 0.491. The molecular weight excluding hydrogens is 372 g/mol. The van der Waals surface area contributed by atoms with Crippen LogP contribution >= 0.6 is 11.6 Å². The van der Waals surface area contributed by atoms with Gasteiger partial charge in [-0.1, -0.05) is 30.3 Å². The molecule has 0 atom stereocenters. The van der Waals surface area contributed by atoms with Crippen molar-refractivity contribution in [2.24, 2.45) is 7.05 Å². The first kappa shape index (κ1) is 18.3. The monoisotopic (exact) mass is 392 g/mol. The van der Waals surface area contributed by atoms with Crippen molar-refractivity contribution in [1.82, 2.24) is 19.5 Å². The van der Waals surface area contributed by atoms with E-state index in [9.17, 15) is 0 Å². The first-order valence-corrected chi connectivity index (χ1v) is 9.46. The minimum atomic E-state index is 0.230. The van der Waals surface area contributed by atoms with Gasteiger partial charge in [-0.2, -0.15) is 0 Å². The molecule has 1 N–H and O–H groups in total. The molecule has 4 rings (SSSR count). The van der Waals surface area contributed by atoms with Crippen molar-refractivity contribution in [2.45, 2.75) is 6.42 Å². The van der Waals surface area contributed by atoms with E-state index < -0.39 is 0 Å². The molecule has 0 aliphatic heterocycles. The number of hydrogen-bond donors (Lipinski definition) is 1. The second-order valence-corrected chi connectivity index (χ2v) is 6.91. The fraction of sp³-hybridized carbons (Fsp3) is 0.190. The molecule has 0 spiro atoms. The Hall–Kier alpha value is -3.12. The van der Waals surface area contributed by atoms with Crippen LogP contribution in [0.1, 0.15) is 5.56 Å². The van der Waals surface area contributed by atoms with Gasteiger partial charge in [-0.05, 0) is 47.9 Å². The number of nitrogens with one attached hydrogen (secondary N) is 1. The molecule has 142 valence electrons. The molecule has 0 aliphatic rings. The summed E-state index contributed by atoms with van der Waals surface area (Å²) in [6, 6.07) is 18.4. The van der Waals surface area contributed by atoms with Crippen LogP contribution in [0.15, 0.2) is 60.8 Å². The average Bonchev–Trinajstić information content (AvgIpc) is 3.03. The van der Waals surface area contributed by atoms with Crippen molar-refractivity contribution < 1.29 is 0 Å². The van der Waals surface area contributed by atoms with E-state index in [-0.39, 0.29) is 5.28 Å². The van der Waals surface area contributed by atoms with E-state index in [1.807, 2.05) is 43.3 Å². The zero-order valence-corrected chi connectivity index (χ0v) is 16.6. The van der Waals surface area contributed by atoms with Crippen LogP contribution in [0.3, 0.4) is 0 Å².